The number of rotatable bonds is 6. The van der Waals surface area contributed by atoms with Crippen LogP contribution in [0, 0.1) is 0 Å². The Hall–Kier alpha value is -1.55. The molecule has 1 aromatic rings. The first-order chi connectivity index (χ1) is 8.12. The predicted molar refractivity (Wildman–Crippen MR) is 66.4 cm³/mol. The van der Waals surface area contributed by atoms with Crippen LogP contribution in [0.25, 0.3) is 0 Å². The van der Waals surface area contributed by atoms with Crippen LogP contribution < -0.4 is 10.1 Å². The SMILES string of the molecule is CCc1cc(C(CC(=O)O)NC)ccc1OC. The van der Waals surface area contributed by atoms with Crippen LogP contribution in [0.3, 0.4) is 0 Å². The van der Waals surface area contributed by atoms with Crippen molar-refractivity contribution >= 4 is 5.97 Å². The van der Waals surface area contributed by atoms with Gasteiger partial charge >= 0.3 is 5.97 Å². The van der Waals surface area contributed by atoms with E-state index in [1.54, 1.807) is 14.2 Å². The molecule has 0 radical (unpaired) electrons. The molecule has 0 aromatic heterocycles. The van der Waals surface area contributed by atoms with Gasteiger partial charge in [-0.05, 0) is 30.7 Å². The number of hydrogen-bond acceptors (Lipinski definition) is 3. The summed E-state index contributed by atoms with van der Waals surface area (Å²) in [4.78, 5) is 10.8. The van der Waals surface area contributed by atoms with Crippen molar-refractivity contribution in [2.75, 3.05) is 14.2 Å². The molecule has 0 amide bonds. The Morgan fingerprint density at radius 3 is 2.71 bits per heavy atom. The highest BCUT2D eigenvalue weighted by atomic mass is 16.5. The maximum absolute atomic E-state index is 10.8. The fraction of sp³-hybridized carbons (Fsp3) is 0.462. The Labute approximate surface area is 102 Å². The average Bonchev–Trinajstić information content (AvgIpc) is 2.34. The standard InChI is InChI=1S/C13H19NO3/c1-4-9-7-10(5-6-12(9)17-3)11(14-2)8-13(15)16/h5-7,11,14H,4,8H2,1-3H3,(H,15,16). The van der Waals surface area contributed by atoms with Crippen LogP contribution in [0.15, 0.2) is 18.2 Å². The molecule has 0 heterocycles. The third kappa shape index (κ3) is 3.46. The molecule has 1 unspecified atom stereocenters. The Balaban J connectivity index is 3.00. The monoisotopic (exact) mass is 237 g/mol. The van der Waals surface area contributed by atoms with E-state index in [4.69, 9.17) is 9.84 Å². The normalized spacial score (nSPS) is 12.2. The zero-order valence-corrected chi connectivity index (χ0v) is 10.5. The van der Waals surface area contributed by atoms with E-state index in [-0.39, 0.29) is 12.5 Å². The first kappa shape index (κ1) is 13.5. The van der Waals surface area contributed by atoms with Crippen molar-refractivity contribution < 1.29 is 14.6 Å². The fourth-order valence-corrected chi connectivity index (χ4v) is 1.85. The highest BCUT2D eigenvalue weighted by Crippen LogP contribution is 2.25. The van der Waals surface area contributed by atoms with E-state index in [2.05, 4.69) is 5.32 Å². The van der Waals surface area contributed by atoms with E-state index < -0.39 is 5.97 Å². The number of carbonyl (C=O) groups is 1. The van der Waals surface area contributed by atoms with Gasteiger partial charge in [-0.2, -0.15) is 0 Å². The van der Waals surface area contributed by atoms with E-state index in [1.165, 1.54) is 0 Å². The second kappa shape index (κ2) is 6.25. The number of carboxylic acid groups (broad SMARTS) is 1. The summed E-state index contributed by atoms with van der Waals surface area (Å²) in [6, 6.07) is 5.63. The zero-order chi connectivity index (χ0) is 12.8. The summed E-state index contributed by atoms with van der Waals surface area (Å²) < 4.78 is 5.25. The van der Waals surface area contributed by atoms with Crippen LogP contribution >= 0.6 is 0 Å². The van der Waals surface area contributed by atoms with Crippen molar-refractivity contribution in [1.82, 2.24) is 5.32 Å². The molecular formula is C13H19NO3. The molecule has 17 heavy (non-hydrogen) atoms. The van der Waals surface area contributed by atoms with Crippen LogP contribution in [0.1, 0.15) is 30.5 Å². The lowest BCUT2D eigenvalue weighted by Crippen LogP contribution is -2.20. The van der Waals surface area contributed by atoms with Crippen molar-refractivity contribution in [1.29, 1.82) is 0 Å². The molecule has 1 atom stereocenters. The quantitative estimate of drug-likeness (QED) is 0.794. The smallest absolute Gasteiger partial charge is 0.305 e. The van der Waals surface area contributed by atoms with Crippen LogP contribution in [0.2, 0.25) is 0 Å². The number of aliphatic carboxylic acids is 1. The van der Waals surface area contributed by atoms with Crippen LogP contribution in [0.5, 0.6) is 5.75 Å². The molecule has 0 aliphatic carbocycles. The number of methoxy groups -OCH3 is 1. The van der Waals surface area contributed by atoms with E-state index in [9.17, 15) is 4.79 Å². The number of ether oxygens (including phenoxy) is 1. The molecular weight excluding hydrogens is 218 g/mol. The van der Waals surface area contributed by atoms with Crippen molar-refractivity contribution in [3.05, 3.63) is 29.3 Å². The minimum absolute atomic E-state index is 0.0754. The number of benzene rings is 1. The van der Waals surface area contributed by atoms with Crippen molar-refractivity contribution in [3.63, 3.8) is 0 Å². The van der Waals surface area contributed by atoms with Gasteiger partial charge in [-0.15, -0.1) is 0 Å². The van der Waals surface area contributed by atoms with Crippen molar-refractivity contribution in [2.45, 2.75) is 25.8 Å². The molecule has 0 fully saturated rings. The number of nitrogens with one attached hydrogen (secondary N) is 1. The Morgan fingerprint density at radius 2 is 2.24 bits per heavy atom. The fourth-order valence-electron chi connectivity index (χ4n) is 1.85. The van der Waals surface area contributed by atoms with Crippen LogP contribution in [0.4, 0.5) is 0 Å². The van der Waals surface area contributed by atoms with E-state index in [0.717, 1.165) is 23.3 Å². The summed E-state index contributed by atoms with van der Waals surface area (Å²) in [6.45, 7) is 2.05. The van der Waals surface area contributed by atoms with Gasteiger partial charge in [0.15, 0.2) is 0 Å². The number of hydrogen-bond donors (Lipinski definition) is 2. The summed E-state index contributed by atoms with van der Waals surface area (Å²) in [5, 5.41) is 11.9. The minimum Gasteiger partial charge on any atom is -0.496 e. The molecule has 4 nitrogen and oxygen atoms in total. The van der Waals surface area contributed by atoms with Gasteiger partial charge in [-0.1, -0.05) is 19.1 Å². The predicted octanol–water partition coefficient (Wildman–Crippen LogP) is 1.99. The third-order valence-corrected chi connectivity index (χ3v) is 2.81. The average molecular weight is 237 g/mol. The number of carboxylic acids is 1. The minimum atomic E-state index is -0.807. The lowest BCUT2D eigenvalue weighted by molar-refractivity contribution is -0.137. The molecule has 0 saturated heterocycles. The van der Waals surface area contributed by atoms with Gasteiger partial charge in [-0.3, -0.25) is 4.79 Å². The third-order valence-electron chi connectivity index (χ3n) is 2.81. The van der Waals surface area contributed by atoms with E-state index >= 15 is 0 Å². The lowest BCUT2D eigenvalue weighted by Gasteiger charge is -2.16. The summed E-state index contributed by atoms with van der Waals surface area (Å²) in [5.74, 6) is 0.0413. The molecule has 0 aliphatic rings. The molecule has 4 heteroatoms. The topological polar surface area (TPSA) is 58.6 Å². The summed E-state index contributed by atoms with van der Waals surface area (Å²) in [6.07, 6.45) is 0.937. The maximum atomic E-state index is 10.8. The second-order valence-electron chi connectivity index (χ2n) is 3.86. The molecule has 0 saturated carbocycles. The van der Waals surface area contributed by atoms with Gasteiger partial charge in [0.1, 0.15) is 5.75 Å². The summed E-state index contributed by atoms with van der Waals surface area (Å²) in [7, 11) is 3.41. The molecule has 1 rings (SSSR count). The summed E-state index contributed by atoms with van der Waals surface area (Å²) >= 11 is 0. The first-order valence-electron chi connectivity index (χ1n) is 5.68. The van der Waals surface area contributed by atoms with Crippen molar-refractivity contribution in [3.8, 4) is 5.75 Å². The van der Waals surface area contributed by atoms with Gasteiger partial charge < -0.3 is 15.2 Å². The molecule has 1 aromatic carbocycles. The van der Waals surface area contributed by atoms with Gasteiger partial charge in [-0.25, -0.2) is 0 Å². The zero-order valence-electron chi connectivity index (χ0n) is 10.5. The maximum Gasteiger partial charge on any atom is 0.305 e. The van der Waals surface area contributed by atoms with Crippen LogP contribution in [-0.4, -0.2) is 25.2 Å². The van der Waals surface area contributed by atoms with E-state index in [0.29, 0.717) is 0 Å². The van der Waals surface area contributed by atoms with Crippen molar-refractivity contribution in [2.24, 2.45) is 0 Å². The van der Waals surface area contributed by atoms with Gasteiger partial charge in [0, 0.05) is 6.04 Å². The molecule has 0 aliphatic heterocycles. The van der Waals surface area contributed by atoms with E-state index in [1.807, 2.05) is 25.1 Å². The highest BCUT2D eigenvalue weighted by molar-refractivity contribution is 5.68. The van der Waals surface area contributed by atoms with Gasteiger partial charge in [0.05, 0.1) is 13.5 Å². The highest BCUT2D eigenvalue weighted by Gasteiger charge is 2.14. The Kier molecular flexibility index (Phi) is 4.97. The first-order valence-corrected chi connectivity index (χ1v) is 5.68. The van der Waals surface area contributed by atoms with Gasteiger partial charge in [0.2, 0.25) is 0 Å². The second-order valence-corrected chi connectivity index (χ2v) is 3.86. The van der Waals surface area contributed by atoms with Gasteiger partial charge in [0.25, 0.3) is 0 Å². The number of aryl methyl sites for hydroxylation is 1. The lowest BCUT2D eigenvalue weighted by atomic mass is 10.00. The molecule has 94 valence electrons. The molecule has 2 N–H and O–H groups in total. The Bertz CT molecular complexity index is 390. The molecule has 0 spiro atoms. The van der Waals surface area contributed by atoms with Crippen LogP contribution in [-0.2, 0) is 11.2 Å². The molecule has 0 bridgehead atoms. The summed E-state index contributed by atoms with van der Waals surface area (Å²) in [5.41, 5.74) is 2.07. The largest absolute Gasteiger partial charge is 0.496 e. The Morgan fingerprint density at radius 1 is 1.53 bits per heavy atom.